The zero-order valence-electron chi connectivity index (χ0n) is 13.4. The van der Waals surface area contributed by atoms with Crippen molar-refractivity contribution in [1.29, 1.82) is 5.26 Å². The predicted molar refractivity (Wildman–Crippen MR) is 85.7 cm³/mol. The highest BCUT2D eigenvalue weighted by molar-refractivity contribution is 5.92. The minimum atomic E-state index is -0.146. The van der Waals surface area contributed by atoms with E-state index in [1.54, 1.807) is 38.3 Å². The first-order valence-electron chi connectivity index (χ1n) is 7.14. The Morgan fingerprint density at radius 3 is 2.57 bits per heavy atom. The Balaban J connectivity index is 2.00. The number of aromatic nitrogens is 1. The number of nitrogens with one attached hydrogen (secondary N) is 1. The minimum Gasteiger partial charge on any atom is -0.493 e. The van der Waals surface area contributed by atoms with Crippen LogP contribution in [0, 0.1) is 11.3 Å². The first-order valence-corrected chi connectivity index (χ1v) is 7.14. The van der Waals surface area contributed by atoms with Crippen molar-refractivity contribution >= 4 is 5.91 Å². The van der Waals surface area contributed by atoms with Gasteiger partial charge >= 0.3 is 0 Å². The highest BCUT2D eigenvalue weighted by Gasteiger charge is 2.14. The number of rotatable bonds is 6. The highest BCUT2D eigenvalue weighted by atomic mass is 16.5. The molecule has 23 heavy (non-hydrogen) atoms. The fourth-order valence-electron chi connectivity index (χ4n) is 2.23. The maximum Gasteiger partial charge on any atom is 0.270 e. The number of benzene rings is 1. The van der Waals surface area contributed by atoms with Crippen LogP contribution in [0.5, 0.6) is 11.5 Å². The standard InChI is InChI=1S/C17H19N3O3/c1-20(17(21)14-6-5-13(11-18)19-14)9-8-12-4-7-15(22-2)16(10-12)23-3/h4-7,10,19H,8-9H2,1-3H3. The molecule has 6 nitrogen and oxygen atoms in total. The molecule has 0 unspecified atom stereocenters. The number of nitriles is 1. The van der Waals surface area contributed by atoms with Crippen LogP contribution in [0.15, 0.2) is 30.3 Å². The van der Waals surface area contributed by atoms with E-state index in [4.69, 9.17) is 14.7 Å². The van der Waals surface area contributed by atoms with E-state index in [0.717, 1.165) is 5.56 Å². The summed E-state index contributed by atoms with van der Waals surface area (Å²) in [6.45, 7) is 0.551. The molecule has 0 spiro atoms. The molecule has 0 atom stereocenters. The number of likely N-dealkylation sites (N-methyl/N-ethyl adjacent to an activating group) is 1. The zero-order valence-corrected chi connectivity index (χ0v) is 13.4. The number of methoxy groups -OCH3 is 2. The fourth-order valence-corrected chi connectivity index (χ4v) is 2.23. The molecule has 1 heterocycles. The fraction of sp³-hybridized carbons (Fsp3) is 0.294. The van der Waals surface area contributed by atoms with Gasteiger partial charge in [0.05, 0.1) is 14.2 Å². The van der Waals surface area contributed by atoms with Crippen LogP contribution in [-0.4, -0.2) is 43.6 Å². The topological polar surface area (TPSA) is 78.4 Å². The van der Waals surface area contributed by atoms with Crippen molar-refractivity contribution < 1.29 is 14.3 Å². The Bertz CT molecular complexity index is 731. The molecule has 120 valence electrons. The number of amides is 1. The Hall–Kier alpha value is -2.94. The van der Waals surface area contributed by atoms with Crippen LogP contribution in [0.2, 0.25) is 0 Å². The molecule has 0 aliphatic heterocycles. The van der Waals surface area contributed by atoms with E-state index < -0.39 is 0 Å². The normalized spacial score (nSPS) is 10.0. The van der Waals surface area contributed by atoms with Crippen LogP contribution in [0.3, 0.4) is 0 Å². The van der Waals surface area contributed by atoms with Crippen molar-refractivity contribution in [3.05, 3.63) is 47.3 Å². The van der Waals surface area contributed by atoms with Crippen LogP contribution < -0.4 is 9.47 Å². The molecule has 0 aliphatic carbocycles. The van der Waals surface area contributed by atoms with Gasteiger partial charge in [0, 0.05) is 13.6 Å². The number of carbonyl (C=O) groups is 1. The Kier molecular flexibility index (Phi) is 5.26. The van der Waals surface area contributed by atoms with Crippen molar-refractivity contribution in [1.82, 2.24) is 9.88 Å². The van der Waals surface area contributed by atoms with Gasteiger partial charge in [-0.1, -0.05) is 6.07 Å². The first kappa shape index (κ1) is 16.4. The number of ether oxygens (including phenoxy) is 2. The van der Waals surface area contributed by atoms with E-state index in [9.17, 15) is 4.79 Å². The molecule has 1 amide bonds. The van der Waals surface area contributed by atoms with E-state index in [1.807, 2.05) is 24.3 Å². The lowest BCUT2D eigenvalue weighted by molar-refractivity contribution is 0.0791. The Morgan fingerprint density at radius 1 is 1.22 bits per heavy atom. The lowest BCUT2D eigenvalue weighted by atomic mass is 10.1. The van der Waals surface area contributed by atoms with Gasteiger partial charge in [0.15, 0.2) is 11.5 Å². The summed E-state index contributed by atoms with van der Waals surface area (Å²) in [7, 11) is 4.92. The zero-order chi connectivity index (χ0) is 16.8. The summed E-state index contributed by atoms with van der Waals surface area (Å²) < 4.78 is 10.5. The summed E-state index contributed by atoms with van der Waals surface area (Å²) in [5.74, 6) is 1.20. The van der Waals surface area contributed by atoms with E-state index in [0.29, 0.717) is 35.9 Å². The van der Waals surface area contributed by atoms with Gasteiger partial charge in [-0.3, -0.25) is 4.79 Å². The third-order valence-corrected chi connectivity index (χ3v) is 3.57. The van der Waals surface area contributed by atoms with Crippen LogP contribution in [0.1, 0.15) is 21.7 Å². The van der Waals surface area contributed by atoms with Crippen molar-refractivity contribution in [3.63, 3.8) is 0 Å². The SMILES string of the molecule is COc1ccc(CCN(C)C(=O)c2ccc(C#N)[nH]2)cc1OC. The van der Waals surface area contributed by atoms with Crippen molar-refractivity contribution in [2.75, 3.05) is 27.8 Å². The van der Waals surface area contributed by atoms with Crippen molar-refractivity contribution in [2.45, 2.75) is 6.42 Å². The second-order valence-corrected chi connectivity index (χ2v) is 5.06. The summed E-state index contributed by atoms with van der Waals surface area (Å²) in [4.78, 5) is 16.7. The monoisotopic (exact) mass is 313 g/mol. The summed E-state index contributed by atoms with van der Waals surface area (Å²) in [5, 5.41) is 8.79. The number of hydrogen-bond donors (Lipinski definition) is 1. The Morgan fingerprint density at radius 2 is 1.96 bits per heavy atom. The van der Waals surface area contributed by atoms with Crippen LogP contribution in [-0.2, 0) is 6.42 Å². The molecule has 2 aromatic rings. The summed E-state index contributed by atoms with van der Waals surface area (Å²) >= 11 is 0. The number of carbonyl (C=O) groups excluding carboxylic acids is 1. The molecule has 6 heteroatoms. The highest BCUT2D eigenvalue weighted by Crippen LogP contribution is 2.27. The molecule has 2 rings (SSSR count). The average molecular weight is 313 g/mol. The van der Waals surface area contributed by atoms with E-state index in [-0.39, 0.29) is 5.91 Å². The molecule has 0 fully saturated rings. The van der Waals surface area contributed by atoms with Gasteiger partial charge in [-0.15, -0.1) is 0 Å². The Labute approximate surface area is 135 Å². The second kappa shape index (κ2) is 7.36. The molecule has 1 aromatic heterocycles. The van der Waals surface area contributed by atoms with E-state index in [2.05, 4.69) is 4.98 Å². The number of nitrogens with zero attached hydrogens (tertiary/aromatic N) is 2. The smallest absolute Gasteiger partial charge is 0.270 e. The third-order valence-electron chi connectivity index (χ3n) is 3.57. The number of aromatic amines is 1. The summed E-state index contributed by atoms with van der Waals surface area (Å²) in [5.41, 5.74) is 1.84. The van der Waals surface area contributed by atoms with Gasteiger partial charge in [0.1, 0.15) is 17.5 Å². The van der Waals surface area contributed by atoms with Crippen molar-refractivity contribution in [3.8, 4) is 17.6 Å². The second-order valence-electron chi connectivity index (χ2n) is 5.06. The maximum absolute atomic E-state index is 12.3. The molecule has 1 aromatic carbocycles. The predicted octanol–water partition coefficient (Wildman–Crippen LogP) is 2.22. The van der Waals surface area contributed by atoms with Gasteiger partial charge in [-0.25, -0.2) is 0 Å². The molecular weight excluding hydrogens is 294 g/mol. The van der Waals surface area contributed by atoms with Crippen LogP contribution in [0.4, 0.5) is 0 Å². The molecule has 0 saturated carbocycles. The van der Waals surface area contributed by atoms with Gasteiger partial charge in [0.25, 0.3) is 5.91 Å². The van der Waals surface area contributed by atoms with Crippen molar-refractivity contribution in [2.24, 2.45) is 0 Å². The summed E-state index contributed by atoms with van der Waals surface area (Å²) in [6, 6.07) is 10.9. The lowest BCUT2D eigenvalue weighted by Gasteiger charge is -2.17. The van der Waals surface area contributed by atoms with Crippen LogP contribution in [0.25, 0.3) is 0 Å². The first-order chi connectivity index (χ1) is 11.1. The molecular formula is C17H19N3O3. The van der Waals surface area contributed by atoms with Crippen LogP contribution >= 0.6 is 0 Å². The van der Waals surface area contributed by atoms with Gasteiger partial charge in [-0.05, 0) is 36.2 Å². The lowest BCUT2D eigenvalue weighted by Crippen LogP contribution is -2.29. The number of H-pyrrole nitrogens is 1. The third kappa shape index (κ3) is 3.83. The largest absolute Gasteiger partial charge is 0.493 e. The quantitative estimate of drug-likeness (QED) is 0.887. The summed E-state index contributed by atoms with van der Waals surface area (Å²) in [6.07, 6.45) is 0.689. The van der Waals surface area contributed by atoms with E-state index >= 15 is 0 Å². The molecule has 0 aliphatic rings. The molecule has 1 N–H and O–H groups in total. The maximum atomic E-state index is 12.3. The van der Waals surface area contributed by atoms with Gasteiger partial charge in [0.2, 0.25) is 0 Å². The average Bonchev–Trinajstić information content (AvgIpc) is 3.07. The van der Waals surface area contributed by atoms with Gasteiger partial charge < -0.3 is 19.4 Å². The molecule has 0 radical (unpaired) electrons. The van der Waals surface area contributed by atoms with Gasteiger partial charge in [-0.2, -0.15) is 5.26 Å². The van der Waals surface area contributed by atoms with E-state index in [1.165, 1.54) is 0 Å². The number of hydrogen-bond acceptors (Lipinski definition) is 4. The minimum absolute atomic E-state index is 0.146. The molecule has 0 saturated heterocycles. The molecule has 0 bridgehead atoms.